The normalized spacial score (nSPS) is 34.6. The molecular weight excluding hydrogens is 184 g/mol. The van der Waals surface area contributed by atoms with Gasteiger partial charge in [-0.05, 0) is 23.8 Å². The monoisotopic (exact) mass is 210 g/mol. The average Bonchev–Trinajstić information content (AvgIpc) is 2.51. The summed E-state index contributed by atoms with van der Waals surface area (Å²) in [5.41, 5.74) is 1.02. The molecule has 1 atom stereocenters. The Balaban J connectivity index is 1.93. The molecule has 1 aliphatic carbocycles. The molecule has 2 fully saturated rings. The van der Waals surface area contributed by atoms with Crippen molar-refractivity contribution in [3.05, 3.63) is 0 Å². The predicted molar refractivity (Wildman–Crippen MR) is 65.0 cm³/mol. The van der Waals surface area contributed by atoms with Gasteiger partial charge in [-0.15, -0.1) is 0 Å². The van der Waals surface area contributed by atoms with Gasteiger partial charge in [0, 0.05) is 25.2 Å². The van der Waals surface area contributed by atoms with Crippen molar-refractivity contribution in [1.29, 1.82) is 0 Å². The molecule has 2 heteroatoms. The molecule has 0 bridgehead atoms. The lowest BCUT2D eigenvalue weighted by Crippen LogP contribution is -2.34. The lowest BCUT2D eigenvalue weighted by molar-refractivity contribution is 0.271. The second kappa shape index (κ2) is 3.46. The van der Waals surface area contributed by atoms with Crippen LogP contribution < -0.4 is 5.32 Å². The number of nitrogens with one attached hydrogen (secondary N) is 1. The van der Waals surface area contributed by atoms with Crippen molar-refractivity contribution in [3.8, 4) is 0 Å². The molecule has 2 rings (SSSR count). The van der Waals surface area contributed by atoms with E-state index in [0.29, 0.717) is 10.8 Å². The highest BCUT2D eigenvalue weighted by molar-refractivity contribution is 5.19. The second-order valence-corrected chi connectivity index (χ2v) is 6.38. The van der Waals surface area contributed by atoms with E-state index in [1.807, 2.05) is 0 Å². The first-order chi connectivity index (χ1) is 6.91. The third kappa shape index (κ3) is 1.62. The van der Waals surface area contributed by atoms with Crippen molar-refractivity contribution >= 4 is 0 Å². The van der Waals surface area contributed by atoms with E-state index in [9.17, 15) is 0 Å². The number of likely N-dealkylation sites (tertiary alicyclic amines) is 1. The predicted octanol–water partition coefficient (Wildman–Crippen LogP) is 2.10. The van der Waals surface area contributed by atoms with Crippen LogP contribution in [-0.2, 0) is 0 Å². The average molecular weight is 210 g/mol. The van der Waals surface area contributed by atoms with Crippen LogP contribution >= 0.6 is 0 Å². The molecule has 15 heavy (non-hydrogen) atoms. The molecule has 2 nitrogen and oxygen atoms in total. The van der Waals surface area contributed by atoms with Gasteiger partial charge in [-0.2, -0.15) is 0 Å². The summed E-state index contributed by atoms with van der Waals surface area (Å²) < 4.78 is 0. The minimum absolute atomic E-state index is 0.508. The van der Waals surface area contributed by atoms with Crippen molar-refractivity contribution in [2.24, 2.45) is 10.8 Å². The van der Waals surface area contributed by atoms with E-state index in [-0.39, 0.29) is 0 Å². The van der Waals surface area contributed by atoms with E-state index < -0.39 is 0 Å². The van der Waals surface area contributed by atoms with Gasteiger partial charge >= 0.3 is 0 Å². The number of likely N-dealkylation sites (N-methyl/N-ethyl adjacent to an activating group) is 1. The fourth-order valence-electron chi connectivity index (χ4n) is 3.55. The summed E-state index contributed by atoms with van der Waals surface area (Å²) in [5.74, 6) is 0. The molecule has 1 heterocycles. The van der Waals surface area contributed by atoms with Crippen LogP contribution in [0.1, 0.15) is 41.0 Å². The minimum Gasteiger partial charge on any atom is -0.313 e. The molecule has 2 aliphatic rings. The Kier molecular flexibility index (Phi) is 2.63. The SMILES string of the molecule is CCNC1CCN(C2C(C)(C)C2(C)C)C1. The van der Waals surface area contributed by atoms with Crippen LogP contribution in [0, 0.1) is 10.8 Å². The van der Waals surface area contributed by atoms with Crippen LogP contribution in [0.15, 0.2) is 0 Å². The molecule has 0 spiro atoms. The van der Waals surface area contributed by atoms with Gasteiger partial charge in [0.25, 0.3) is 0 Å². The van der Waals surface area contributed by atoms with Gasteiger partial charge in [0.2, 0.25) is 0 Å². The molecule has 1 saturated heterocycles. The summed E-state index contributed by atoms with van der Waals surface area (Å²) in [5, 5.41) is 3.57. The zero-order chi connectivity index (χ0) is 11.3. The molecule has 0 aromatic heterocycles. The Morgan fingerprint density at radius 3 is 2.27 bits per heavy atom. The zero-order valence-corrected chi connectivity index (χ0v) is 10.9. The fourth-order valence-corrected chi connectivity index (χ4v) is 3.55. The topological polar surface area (TPSA) is 15.3 Å². The molecule has 88 valence electrons. The summed E-state index contributed by atoms with van der Waals surface area (Å²) >= 11 is 0. The lowest BCUT2D eigenvalue weighted by Gasteiger charge is -2.18. The van der Waals surface area contributed by atoms with Crippen molar-refractivity contribution in [1.82, 2.24) is 10.2 Å². The molecule has 1 N–H and O–H groups in total. The van der Waals surface area contributed by atoms with Crippen molar-refractivity contribution < 1.29 is 0 Å². The maximum Gasteiger partial charge on any atom is 0.0210 e. The number of nitrogens with zero attached hydrogens (tertiary/aromatic N) is 1. The van der Waals surface area contributed by atoms with E-state index in [4.69, 9.17) is 0 Å². The van der Waals surface area contributed by atoms with Gasteiger partial charge in [0.05, 0.1) is 0 Å². The smallest absolute Gasteiger partial charge is 0.0210 e. The molecule has 1 saturated carbocycles. The van der Waals surface area contributed by atoms with Crippen LogP contribution in [0.4, 0.5) is 0 Å². The summed E-state index contributed by atoms with van der Waals surface area (Å²) in [6, 6.07) is 1.54. The molecule has 0 radical (unpaired) electrons. The Hall–Kier alpha value is -0.0800. The Morgan fingerprint density at radius 2 is 1.80 bits per heavy atom. The summed E-state index contributed by atoms with van der Waals surface area (Å²) in [6.07, 6.45) is 1.33. The van der Waals surface area contributed by atoms with E-state index in [0.717, 1.165) is 18.6 Å². The molecule has 0 aromatic carbocycles. The minimum atomic E-state index is 0.508. The van der Waals surface area contributed by atoms with E-state index in [1.165, 1.54) is 19.5 Å². The van der Waals surface area contributed by atoms with Gasteiger partial charge in [0.1, 0.15) is 0 Å². The van der Waals surface area contributed by atoms with E-state index in [1.54, 1.807) is 0 Å². The van der Waals surface area contributed by atoms with Gasteiger partial charge in [-0.25, -0.2) is 0 Å². The highest BCUT2D eigenvalue weighted by atomic mass is 15.3. The second-order valence-electron chi connectivity index (χ2n) is 6.38. The lowest BCUT2D eigenvalue weighted by atomic mass is 10.0. The highest BCUT2D eigenvalue weighted by Gasteiger charge is 2.67. The molecule has 1 aliphatic heterocycles. The maximum absolute atomic E-state index is 3.57. The first kappa shape index (κ1) is 11.4. The van der Waals surface area contributed by atoms with Crippen LogP contribution in [0.25, 0.3) is 0 Å². The van der Waals surface area contributed by atoms with Gasteiger partial charge in [-0.3, -0.25) is 4.90 Å². The van der Waals surface area contributed by atoms with E-state index >= 15 is 0 Å². The highest BCUT2D eigenvalue weighted by Crippen LogP contribution is 2.65. The third-order valence-corrected chi connectivity index (χ3v) is 5.02. The van der Waals surface area contributed by atoms with Crippen molar-refractivity contribution in [3.63, 3.8) is 0 Å². The molecule has 0 amide bonds. The maximum atomic E-state index is 3.57. The van der Waals surface area contributed by atoms with Crippen LogP contribution in [0.2, 0.25) is 0 Å². The number of hydrogen-bond acceptors (Lipinski definition) is 2. The fraction of sp³-hybridized carbons (Fsp3) is 1.00. The Morgan fingerprint density at radius 1 is 1.20 bits per heavy atom. The molecular formula is C13H26N2. The van der Waals surface area contributed by atoms with Crippen LogP contribution in [0.3, 0.4) is 0 Å². The molecule has 1 unspecified atom stereocenters. The number of rotatable bonds is 3. The first-order valence-electron chi connectivity index (χ1n) is 6.38. The van der Waals surface area contributed by atoms with Crippen molar-refractivity contribution in [2.75, 3.05) is 19.6 Å². The van der Waals surface area contributed by atoms with E-state index in [2.05, 4.69) is 44.8 Å². The molecule has 0 aromatic rings. The first-order valence-corrected chi connectivity index (χ1v) is 6.38. The van der Waals surface area contributed by atoms with Crippen LogP contribution in [-0.4, -0.2) is 36.6 Å². The Labute approximate surface area is 94.4 Å². The van der Waals surface area contributed by atoms with Gasteiger partial charge in [-0.1, -0.05) is 34.6 Å². The van der Waals surface area contributed by atoms with Gasteiger partial charge in [0.15, 0.2) is 0 Å². The van der Waals surface area contributed by atoms with Crippen LogP contribution in [0.5, 0.6) is 0 Å². The zero-order valence-electron chi connectivity index (χ0n) is 10.9. The summed E-state index contributed by atoms with van der Waals surface area (Å²) in [4.78, 5) is 2.70. The quantitative estimate of drug-likeness (QED) is 0.767. The Bertz CT molecular complexity index is 231. The summed E-state index contributed by atoms with van der Waals surface area (Å²) in [7, 11) is 0. The van der Waals surface area contributed by atoms with Gasteiger partial charge < -0.3 is 5.32 Å². The summed E-state index contributed by atoms with van der Waals surface area (Å²) in [6.45, 7) is 15.5. The standard InChI is InChI=1S/C13H26N2/c1-6-14-10-7-8-15(9-10)11-12(2,3)13(11,4)5/h10-11,14H,6-9H2,1-5H3. The largest absolute Gasteiger partial charge is 0.313 e. The third-order valence-electron chi connectivity index (χ3n) is 5.02. The van der Waals surface area contributed by atoms with Crippen molar-refractivity contribution in [2.45, 2.75) is 53.1 Å². The number of hydrogen-bond donors (Lipinski definition) is 1.